The zero-order chi connectivity index (χ0) is 52.6. The summed E-state index contributed by atoms with van der Waals surface area (Å²) in [5, 5.41) is 11.2. The Kier molecular flexibility index (Phi) is 15.4. The van der Waals surface area contributed by atoms with Gasteiger partial charge in [-0.1, -0.05) is 54.6 Å². The molecule has 73 heavy (non-hydrogen) atoms. The van der Waals surface area contributed by atoms with Gasteiger partial charge in [0.1, 0.15) is 40.9 Å². The topological polar surface area (TPSA) is 231 Å². The van der Waals surface area contributed by atoms with Crippen LogP contribution in [0.5, 0.6) is 34.8 Å². The Morgan fingerprint density at radius 3 is 1.40 bits per heavy atom. The molecule has 0 amide bonds. The molecule has 4 aromatic heterocycles. The molecule has 5 aromatic carbocycles. The van der Waals surface area contributed by atoms with Gasteiger partial charge in [0, 0.05) is 58.8 Å². The average molecular weight is 1070 g/mol. The number of phenols is 1. The molecule has 0 radical (unpaired) electrons. The highest BCUT2D eigenvalue weighted by Gasteiger charge is 2.53. The molecule has 0 fully saturated rings. The van der Waals surface area contributed by atoms with Gasteiger partial charge in [-0.05, 0) is 83.9 Å². The zero-order valence-corrected chi connectivity index (χ0v) is 39.4. The molecular formula is C47H33F6N7O10S3. The Bertz CT molecular complexity index is 3710. The second-order valence-electron chi connectivity index (χ2n) is 14.7. The molecule has 0 bridgehead atoms. The van der Waals surface area contributed by atoms with Gasteiger partial charge in [-0.15, -0.1) is 0 Å². The number of halogens is 6. The number of para-hydroxylation sites is 3. The van der Waals surface area contributed by atoms with Gasteiger partial charge in [0.2, 0.25) is 21.8 Å². The van der Waals surface area contributed by atoms with Crippen LogP contribution in [-0.4, -0.2) is 77.5 Å². The average Bonchev–Trinajstić information content (AvgIpc) is 3.34. The van der Waals surface area contributed by atoms with Crippen LogP contribution in [0.2, 0.25) is 0 Å². The van der Waals surface area contributed by atoms with Crippen LogP contribution >= 0.6 is 0 Å². The van der Waals surface area contributed by atoms with Gasteiger partial charge in [-0.25, -0.2) is 38.3 Å². The van der Waals surface area contributed by atoms with Crippen LogP contribution in [0.1, 0.15) is 0 Å². The van der Waals surface area contributed by atoms with Gasteiger partial charge in [0.25, 0.3) is 0 Å². The summed E-state index contributed by atoms with van der Waals surface area (Å²) in [5.74, 6) is 1.68. The number of alkyl halides is 6. The van der Waals surface area contributed by atoms with E-state index in [9.17, 15) is 56.7 Å². The van der Waals surface area contributed by atoms with Crippen LogP contribution in [0, 0.1) is 0 Å². The lowest BCUT2D eigenvalue weighted by molar-refractivity contribution is -0.0500. The fraction of sp³-hybridized carbons (Fsp3) is 0.0638. The molecule has 0 spiro atoms. The van der Waals surface area contributed by atoms with Gasteiger partial charge in [0.05, 0.1) is 11.9 Å². The van der Waals surface area contributed by atoms with Crippen molar-refractivity contribution in [2.75, 3.05) is 9.97 Å². The third kappa shape index (κ3) is 12.9. The van der Waals surface area contributed by atoms with Crippen LogP contribution in [-0.2, 0) is 30.2 Å². The molecule has 376 valence electrons. The molecule has 9 aromatic rings. The molecule has 0 unspecified atom stereocenters. The summed E-state index contributed by atoms with van der Waals surface area (Å²) in [4.78, 5) is 24.2. The number of phenolic OH excluding ortho intramolecular Hbond substituents is 1. The Morgan fingerprint density at radius 2 is 0.959 bits per heavy atom. The minimum absolute atomic E-state index is 0.0800. The number of pyridine rings is 2. The van der Waals surface area contributed by atoms with E-state index in [0.29, 0.717) is 40.4 Å². The quantitative estimate of drug-likeness (QED) is 0.0721. The third-order valence-electron chi connectivity index (χ3n) is 9.49. The van der Waals surface area contributed by atoms with Crippen molar-refractivity contribution in [2.45, 2.75) is 11.0 Å². The number of hydrogen-bond donors (Lipinski definition) is 1. The maximum absolute atomic E-state index is 12.8. The van der Waals surface area contributed by atoms with Crippen LogP contribution in [0.4, 0.5) is 32.0 Å². The largest absolute Gasteiger partial charge is 0.534 e. The molecule has 4 heterocycles. The van der Waals surface area contributed by atoms with Gasteiger partial charge in [-0.3, -0.25) is 0 Å². The molecule has 0 aliphatic heterocycles. The van der Waals surface area contributed by atoms with Gasteiger partial charge in [-0.2, -0.15) is 46.9 Å². The van der Waals surface area contributed by atoms with Gasteiger partial charge < -0.3 is 18.8 Å². The highest BCUT2D eigenvalue weighted by atomic mass is 32.3. The fourth-order valence-electron chi connectivity index (χ4n) is 6.31. The van der Waals surface area contributed by atoms with Crippen molar-refractivity contribution in [1.82, 2.24) is 29.9 Å². The number of sulfonamides is 2. The number of aromatic nitrogens is 6. The standard InChI is InChI=1S/C20H12F3N3O4S.C19H13N3O2.C8H8F3NO4S2/c21-20(22,23)31(27,28)30-17-9-14(8-15-10-24-12-26-19(15)17)13-6-7-18(25-11-13)29-16-4-2-1-3-5-16;23-17-9-14(8-15-10-20-12-22-19(15)17)13-6-7-18(21-11-13)24-16-4-2-1-3-5-16;1-17(13,14)12(7-5-3-2-4-6-7)18(15,16)8(9,10)11/h1-12H;1-12,23H;2-6H,1H3. The number of hydrogen-bond acceptors (Lipinski definition) is 16. The lowest BCUT2D eigenvalue weighted by Gasteiger charge is -2.22. The van der Waals surface area contributed by atoms with Crippen molar-refractivity contribution < 1.29 is 70.4 Å². The van der Waals surface area contributed by atoms with E-state index in [2.05, 4.69) is 34.1 Å². The van der Waals surface area contributed by atoms with Crippen molar-refractivity contribution in [3.05, 3.63) is 177 Å². The lowest BCUT2D eigenvalue weighted by Crippen LogP contribution is -2.44. The molecule has 1 N–H and O–H groups in total. The zero-order valence-electron chi connectivity index (χ0n) is 37.0. The molecule has 26 heteroatoms. The summed E-state index contributed by atoms with van der Waals surface area (Å²) in [7, 11) is -16.5. The van der Waals surface area contributed by atoms with E-state index in [0.717, 1.165) is 46.8 Å². The number of nitrogens with zero attached hydrogens (tertiary/aromatic N) is 7. The summed E-state index contributed by atoms with van der Waals surface area (Å²) in [5.41, 5.74) is -8.88. The first kappa shape index (κ1) is 52.3. The second kappa shape index (κ2) is 21.5. The normalized spacial score (nSPS) is 11.9. The molecular weight excluding hydrogens is 1030 g/mol. The molecule has 0 saturated heterocycles. The summed E-state index contributed by atoms with van der Waals surface area (Å²) >= 11 is 0. The minimum Gasteiger partial charge on any atom is -0.506 e. The van der Waals surface area contributed by atoms with E-state index in [4.69, 9.17) is 9.47 Å². The number of anilines is 1. The molecule has 0 aliphatic carbocycles. The number of ether oxygens (including phenoxy) is 2. The van der Waals surface area contributed by atoms with Crippen molar-refractivity contribution in [1.29, 1.82) is 0 Å². The lowest BCUT2D eigenvalue weighted by atomic mass is 10.1. The highest BCUT2D eigenvalue weighted by molar-refractivity contribution is 8.10. The third-order valence-corrected chi connectivity index (χ3v) is 13.9. The van der Waals surface area contributed by atoms with E-state index >= 15 is 0 Å². The maximum Gasteiger partial charge on any atom is 0.534 e. The van der Waals surface area contributed by atoms with E-state index in [-0.39, 0.29) is 16.7 Å². The van der Waals surface area contributed by atoms with E-state index in [1.165, 1.54) is 36.9 Å². The summed E-state index contributed by atoms with van der Waals surface area (Å²) in [6, 6.07) is 37.4. The van der Waals surface area contributed by atoms with Crippen LogP contribution < -0.4 is 17.4 Å². The Hall–Kier alpha value is -8.49. The Balaban J connectivity index is 0.000000167. The minimum atomic E-state index is -6.00. The Morgan fingerprint density at radius 1 is 0.507 bits per heavy atom. The second-order valence-corrected chi connectivity index (χ2v) is 20.1. The number of fused-ring (bicyclic) bond motifs is 2. The molecule has 0 atom stereocenters. The fourth-order valence-corrected chi connectivity index (χ4v) is 9.54. The first-order valence-electron chi connectivity index (χ1n) is 20.4. The van der Waals surface area contributed by atoms with Gasteiger partial charge in [0.15, 0.2) is 5.75 Å². The number of aromatic hydroxyl groups is 1. The molecule has 17 nitrogen and oxygen atoms in total. The number of rotatable bonds is 11. The summed E-state index contributed by atoms with van der Waals surface area (Å²) in [6.45, 7) is 0. The number of benzene rings is 5. The predicted molar refractivity (Wildman–Crippen MR) is 255 cm³/mol. The van der Waals surface area contributed by atoms with Crippen molar-refractivity contribution in [3.8, 4) is 57.0 Å². The first-order chi connectivity index (χ1) is 34.5. The van der Waals surface area contributed by atoms with E-state index in [1.54, 1.807) is 67.0 Å². The maximum atomic E-state index is 12.8. The van der Waals surface area contributed by atoms with Crippen LogP contribution in [0.15, 0.2) is 177 Å². The van der Waals surface area contributed by atoms with Crippen molar-refractivity contribution in [2.24, 2.45) is 0 Å². The molecule has 0 saturated carbocycles. The SMILES string of the molecule is CS(=O)(=O)N(c1ccccc1)S(=O)(=O)C(F)(F)F.O=S(=O)(Oc1cc(-c2ccc(Oc3ccccc3)nc2)cc2cncnc12)C(F)(F)F.Oc1cc(-c2ccc(Oc3ccccc3)nc2)cc2cncnc12. The predicted octanol–water partition coefficient (Wildman–Crippen LogP) is 10.2. The smallest absolute Gasteiger partial charge is 0.506 e. The van der Waals surface area contributed by atoms with E-state index in [1.807, 2.05) is 48.5 Å². The highest BCUT2D eigenvalue weighted by Crippen LogP contribution is 2.36. The van der Waals surface area contributed by atoms with Crippen LogP contribution in [0.3, 0.4) is 0 Å². The molecule has 9 rings (SSSR count). The Labute approximate surface area is 411 Å². The monoisotopic (exact) mass is 1070 g/mol. The summed E-state index contributed by atoms with van der Waals surface area (Å²) < 4.78 is 159. The first-order valence-corrected chi connectivity index (χ1v) is 25.1. The van der Waals surface area contributed by atoms with Crippen LogP contribution in [0.25, 0.3) is 44.1 Å². The van der Waals surface area contributed by atoms with Gasteiger partial charge >= 0.3 is 31.2 Å². The van der Waals surface area contributed by atoms with E-state index < -0.39 is 56.3 Å². The van der Waals surface area contributed by atoms with Crippen molar-refractivity contribution in [3.63, 3.8) is 0 Å². The van der Waals surface area contributed by atoms with Crippen molar-refractivity contribution >= 4 is 57.7 Å². The molecule has 0 aliphatic rings. The summed E-state index contributed by atoms with van der Waals surface area (Å²) in [6.07, 6.45) is 9.02.